The van der Waals surface area contributed by atoms with Gasteiger partial charge in [-0.3, -0.25) is 4.79 Å². The van der Waals surface area contributed by atoms with Crippen molar-refractivity contribution in [1.29, 1.82) is 0 Å². The van der Waals surface area contributed by atoms with Crippen LogP contribution in [0.1, 0.15) is 19.3 Å². The molecule has 0 bridgehead atoms. The van der Waals surface area contributed by atoms with Gasteiger partial charge < -0.3 is 15.4 Å². The number of rotatable bonds is 6. The number of hydrogen-bond donors (Lipinski definition) is 2. The summed E-state index contributed by atoms with van der Waals surface area (Å²) in [6, 6.07) is 0. The zero-order valence-corrected chi connectivity index (χ0v) is 10.1. The molecule has 1 aliphatic heterocycles. The summed E-state index contributed by atoms with van der Waals surface area (Å²) in [4.78, 5) is 11.3. The van der Waals surface area contributed by atoms with Crippen molar-refractivity contribution in [2.24, 2.45) is 5.92 Å². The number of amides is 1. The predicted molar refractivity (Wildman–Crippen MR) is 62.3 cm³/mol. The lowest BCUT2D eigenvalue weighted by Gasteiger charge is -2.07. The number of halogens is 1. The molecule has 1 aliphatic rings. The fraction of sp³-hybridized carbons (Fsp3) is 0.900. The molecule has 0 spiro atoms. The van der Waals surface area contributed by atoms with Crippen LogP contribution < -0.4 is 10.6 Å². The zero-order chi connectivity index (χ0) is 10.2. The van der Waals surface area contributed by atoms with Gasteiger partial charge in [0.15, 0.2) is 0 Å². The first-order valence-corrected chi connectivity index (χ1v) is 5.32. The van der Waals surface area contributed by atoms with Crippen molar-refractivity contribution in [1.82, 2.24) is 10.6 Å². The van der Waals surface area contributed by atoms with Gasteiger partial charge in [-0.05, 0) is 25.8 Å². The molecule has 15 heavy (non-hydrogen) atoms. The van der Waals surface area contributed by atoms with Gasteiger partial charge in [-0.25, -0.2) is 0 Å². The van der Waals surface area contributed by atoms with Gasteiger partial charge in [0.1, 0.15) is 0 Å². The second-order valence-electron chi connectivity index (χ2n) is 3.72. The number of nitrogens with one attached hydrogen (secondary N) is 2. The van der Waals surface area contributed by atoms with Crippen LogP contribution in [0.2, 0.25) is 0 Å². The first kappa shape index (κ1) is 14.7. The third kappa shape index (κ3) is 6.71. The van der Waals surface area contributed by atoms with Crippen LogP contribution in [0.5, 0.6) is 0 Å². The molecule has 0 aliphatic carbocycles. The Balaban J connectivity index is 0.00000196. The first-order chi connectivity index (χ1) is 6.83. The lowest BCUT2D eigenvalue weighted by atomic mass is 10.0. The summed E-state index contributed by atoms with van der Waals surface area (Å²) in [5, 5.41) is 5.85. The molecule has 1 amide bonds. The third-order valence-corrected chi connectivity index (χ3v) is 2.50. The van der Waals surface area contributed by atoms with Gasteiger partial charge in [-0.1, -0.05) is 0 Å². The standard InChI is InChI=1S/C10H20N2O2.ClH/c1-11-5-6-12-10(13)3-2-9-4-7-14-8-9;/h9,11H,2-8H2,1H3,(H,12,13);1H. The molecule has 90 valence electrons. The minimum atomic E-state index is 0. The normalized spacial score (nSPS) is 19.7. The number of carbonyl (C=O) groups is 1. The van der Waals surface area contributed by atoms with Gasteiger partial charge in [-0.2, -0.15) is 0 Å². The Hall–Kier alpha value is -0.320. The van der Waals surface area contributed by atoms with Gasteiger partial charge in [0.05, 0.1) is 0 Å². The molecular weight excluding hydrogens is 216 g/mol. The summed E-state index contributed by atoms with van der Waals surface area (Å²) < 4.78 is 5.25. The summed E-state index contributed by atoms with van der Waals surface area (Å²) in [5.74, 6) is 0.761. The van der Waals surface area contributed by atoms with Gasteiger partial charge in [0.2, 0.25) is 5.91 Å². The first-order valence-electron chi connectivity index (χ1n) is 5.32. The molecule has 1 atom stereocenters. The van der Waals surface area contributed by atoms with Crippen LogP contribution in [0.3, 0.4) is 0 Å². The van der Waals surface area contributed by atoms with E-state index in [2.05, 4.69) is 10.6 Å². The third-order valence-electron chi connectivity index (χ3n) is 2.50. The molecule has 0 aromatic rings. The Bertz CT molecular complexity index is 173. The van der Waals surface area contributed by atoms with Crippen LogP contribution in [0.4, 0.5) is 0 Å². The highest BCUT2D eigenvalue weighted by Crippen LogP contribution is 2.17. The SMILES string of the molecule is CNCCNC(=O)CCC1CCOC1.Cl. The van der Waals surface area contributed by atoms with E-state index in [0.717, 1.165) is 39.1 Å². The zero-order valence-electron chi connectivity index (χ0n) is 9.25. The molecule has 2 N–H and O–H groups in total. The van der Waals surface area contributed by atoms with E-state index in [1.807, 2.05) is 7.05 Å². The Labute approximate surface area is 97.5 Å². The van der Waals surface area contributed by atoms with E-state index in [1.165, 1.54) is 0 Å². The highest BCUT2D eigenvalue weighted by molar-refractivity contribution is 5.85. The van der Waals surface area contributed by atoms with Crippen molar-refractivity contribution in [3.8, 4) is 0 Å². The Morgan fingerprint density at radius 2 is 2.27 bits per heavy atom. The van der Waals surface area contributed by atoms with Gasteiger partial charge in [0, 0.05) is 32.7 Å². The summed E-state index contributed by atoms with van der Waals surface area (Å²) in [6.07, 6.45) is 2.72. The molecule has 0 saturated carbocycles. The van der Waals surface area contributed by atoms with Crippen LogP contribution >= 0.6 is 12.4 Å². The predicted octanol–water partition coefficient (Wildman–Crippen LogP) is 0.560. The number of ether oxygens (including phenoxy) is 1. The fourth-order valence-corrected chi connectivity index (χ4v) is 1.56. The smallest absolute Gasteiger partial charge is 0.220 e. The summed E-state index contributed by atoms with van der Waals surface area (Å²) in [5.41, 5.74) is 0. The maximum Gasteiger partial charge on any atom is 0.220 e. The van der Waals surface area contributed by atoms with E-state index in [4.69, 9.17) is 4.74 Å². The summed E-state index contributed by atoms with van der Waals surface area (Å²) in [7, 11) is 1.88. The van der Waals surface area contributed by atoms with E-state index in [0.29, 0.717) is 12.3 Å². The van der Waals surface area contributed by atoms with Crippen LogP contribution in [0, 0.1) is 5.92 Å². The van der Waals surface area contributed by atoms with Crippen molar-refractivity contribution in [3.63, 3.8) is 0 Å². The molecular formula is C10H21ClN2O2. The Kier molecular flexibility index (Phi) is 8.76. The van der Waals surface area contributed by atoms with Crippen molar-refractivity contribution in [3.05, 3.63) is 0 Å². The maximum absolute atomic E-state index is 11.3. The second kappa shape index (κ2) is 8.95. The van der Waals surface area contributed by atoms with Crippen molar-refractivity contribution >= 4 is 18.3 Å². The number of likely N-dealkylation sites (N-methyl/N-ethyl adjacent to an activating group) is 1. The van der Waals surface area contributed by atoms with E-state index < -0.39 is 0 Å². The molecule has 1 unspecified atom stereocenters. The minimum Gasteiger partial charge on any atom is -0.381 e. The van der Waals surface area contributed by atoms with Crippen LogP contribution in [-0.4, -0.2) is 39.3 Å². The molecule has 4 nitrogen and oxygen atoms in total. The molecule has 0 radical (unpaired) electrons. The van der Waals surface area contributed by atoms with E-state index in [1.54, 1.807) is 0 Å². The number of hydrogen-bond acceptors (Lipinski definition) is 3. The van der Waals surface area contributed by atoms with E-state index >= 15 is 0 Å². The van der Waals surface area contributed by atoms with Crippen LogP contribution in [0.15, 0.2) is 0 Å². The van der Waals surface area contributed by atoms with Crippen molar-refractivity contribution in [2.45, 2.75) is 19.3 Å². The van der Waals surface area contributed by atoms with Gasteiger partial charge >= 0.3 is 0 Å². The second-order valence-corrected chi connectivity index (χ2v) is 3.72. The van der Waals surface area contributed by atoms with Crippen LogP contribution in [0.25, 0.3) is 0 Å². The minimum absolute atomic E-state index is 0. The molecule has 5 heteroatoms. The van der Waals surface area contributed by atoms with E-state index in [-0.39, 0.29) is 18.3 Å². The average molecular weight is 237 g/mol. The monoisotopic (exact) mass is 236 g/mol. The maximum atomic E-state index is 11.3. The van der Waals surface area contributed by atoms with Crippen molar-refractivity contribution < 1.29 is 9.53 Å². The summed E-state index contributed by atoms with van der Waals surface area (Å²) in [6.45, 7) is 3.25. The average Bonchev–Trinajstić information content (AvgIpc) is 2.68. The van der Waals surface area contributed by atoms with Crippen molar-refractivity contribution in [2.75, 3.05) is 33.4 Å². The highest BCUT2D eigenvalue weighted by atomic mass is 35.5. The fourth-order valence-electron chi connectivity index (χ4n) is 1.56. The molecule has 0 aromatic carbocycles. The molecule has 1 fully saturated rings. The Morgan fingerprint density at radius 1 is 1.47 bits per heavy atom. The molecule has 1 rings (SSSR count). The van der Waals surface area contributed by atoms with Crippen LogP contribution in [-0.2, 0) is 9.53 Å². The summed E-state index contributed by atoms with van der Waals surface area (Å²) >= 11 is 0. The van der Waals surface area contributed by atoms with Gasteiger partial charge in [0.25, 0.3) is 0 Å². The quantitative estimate of drug-likeness (QED) is 0.663. The number of carbonyl (C=O) groups excluding carboxylic acids is 1. The Morgan fingerprint density at radius 3 is 2.87 bits per heavy atom. The molecule has 1 heterocycles. The molecule has 1 saturated heterocycles. The lowest BCUT2D eigenvalue weighted by Crippen LogP contribution is -2.30. The van der Waals surface area contributed by atoms with E-state index in [9.17, 15) is 4.79 Å². The highest BCUT2D eigenvalue weighted by Gasteiger charge is 2.16. The topological polar surface area (TPSA) is 50.4 Å². The lowest BCUT2D eigenvalue weighted by molar-refractivity contribution is -0.121. The molecule has 0 aromatic heterocycles. The van der Waals surface area contributed by atoms with Gasteiger partial charge in [-0.15, -0.1) is 12.4 Å². The largest absolute Gasteiger partial charge is 0.381 e.